The minimum atomic E-state index is -3.87. The van der Waals surface area contributed by atoms with Crippen molar-refractivity contribution in [2.75, 3.05) is 0 Å². The average molecular weight is 336 g/mol. The van der Waals surface area contributed by atoms with Gasteiger partial charge in [0.1, 0.15) is 4.90 Å². The van der Waals surface area contributed by atoms with Gasteiger partial charge in [0.25, 0.3) is 0 Å². The molecule has 122 valence electrons. The van der Waals surface area contributed by atoms with Crippen molar-refractivity contribution in [1.29, 1.82) is 0 Å². The quantitative estimate of drug-likeness (QED) is 0.524. The first-order chi connectivity index (χ1) is 10.9. The molecular weight excluding hydrogens is 320 g/mol. The predicted octanol–water partition coefficient (Wildman–Crippen LogP) is 3.27. The van der Waals surface area contributed by atoms with Crippen LogP contribution in [0.3, 0.4) is 0 Å². The lowest BCUT2D eigenvalue weighted by Crippen LogP contribution is -2.05. The Morgan fingerprint density at radius 1 is 1.04 bits per heavy atom. The van der Waals surface area contributed by atoms with Crippen LogP contribution in [-0.2, 0) is 14.4 Å². The molecule has 0 aliphatic rings. The van der Waals surface area contributed by atoms with E-state index in [1.165, 1.54) is 17.5 Å². The van der Waals surface area contributed by atoms with Crippen LogP contribution in [0.5, 0.6) is 0 Å². The van der Waals surface area contributed by atoms with E-state index >= 15 is 0 Å². The lowest BCUT2D eigenvalue weighted by atomic mass is 10.1. The molecule has 8 heteroatoms. The van der Waals surface area contributed by atoms with Gasteiger partial charge in [-0.25, -0.2) is 0 Å². The second-order valence-corrected chi connectivity index (χ2v) is 5.99. The van der Waals surface area contributed by atoms with Crippen LogP contribution in [0.1, 0.15) is 18.1 Å². The van der Waals surface area contributed by atoms with E-state index in [0.29, 0.717) is 5.71 Å². The summed E-state index contributed by atoms with van der Waals surface area (Å²) in [7, 11) is -3.87. The summed E-state index contributed by atoms with van der Waals surface area (Å²) in [5.41, 5.74) is 2.29. The minimum Gasteiger partial charge on any atom is -0.379 e. The largest absolute Gasteiger partial charge is 0.379 e. The van der Waals surface area contributed by atoms with Gasteiger partial charge in [0.15, 0.2) is 5.34 Å². The SMILES string of the molecule is CC(=NOS(=O)(=O)c1ccc(C)cc1)c1ccccc1.O=NO. The number of nitrogens with zero attached hydrogens (tertiary/aromatic N) is 2. The zero-order valence-electron chi connectivity index (χ0n) is 12.6. The van der Waals surface area contributed by atoms with Crippen molar-refractivity contribution in [3.05, 3.63) is 70.6 Å². The third kappa shape index (κ3) is 5.87. The number of oxime groups is 1. The summed E-state index contributed by atoms with van der Waals surface area (Å²) in [5.74, 6) is 0. The highest BCUT2D eigenvalue weighted by Gasteiger charge is 2.15. The Morgan fingerprint density at radius 3 is 2.09 bits per heavy atom. The first-order valence-corrected chi connectivity index (χ1v) is 7.88. The highest BCUT2D eigenvalue weighted by molar-refractivity contribution is 7.86. The Kier molecular flexibility index (Phi) is 6.88. The summed E-state index contributed by atoms with van der Waals surface area (Å²) < 4.78 is 28.6. The number of benzene rings is 2. The maximum atomic E-state index is 11.9. The molecule has 1 N–H and O–H groups in total. The number of hydrogen-bond donors (Lipinski definition) is 1. The van der Waals surface area contributed by atoms with Crippen LogP contribution < -0.4 is 0 Å². The molecule has 0 spiro atoms. The van der Waals surface area contributed by atoms with Gasteiger partial charge < -0.3 is 5.21 Å². The van der Waals surface area contributed by atoms with Gasteiger partial charge in [-0.1, -0.05) is 53.2 Å². The van der Waals surface area contributed by atoms with Gasteiger partial charge in [0.2, 0.25) is 0 Å². The van der Waals surface area contributed by atoms with Crippen LogP contribution in [-0.4, -0.2) is 19.3 Å². The molecule has 0 unspecified atom stereocenters. The number of rotatable bonds is 4. The highest BCUT2D eigenvalue weighted by atomic mass is 32.2. The van der Waals surface area contributed by atoms with Crippen LogP contribution in [0.4, 0.5) is 0 Å². The molecule has 0 aromatic heterocycles. The van der Waals surface area contributed by atoms with E-state index in [1.807, 2.05) is 37.3 Å². The smallest absolute Gasteiger partial charge is 0.358 e. The Morgan fingerprint density at radius 2 is 1.57 bits per heavy atom. The summed E-state index contributed by atoms with van der Waals surface area (Å²) in [4.78, 5) is 8.20. The molecule has 0 fully saturated rings. The summed E-state index contributed by atoms with van der Waals surface area (Å²) in [6.07, 6.45) is 0. The monoisotopic (exact) mass is 336 g/mol. The van der Waals surface area contributed by atoms with E-state index in [-0.39, 0.29) is 4.90 Å². The van der Waals surface area contributed by atoms with Gasteiger partial charge in [-0.15, -0.1) is 4.91 Å². The van der Waals surface area contributed by atoms with Crippen LogP contribution in [0.25, 0.3) is 0 Å². The Bertz CT molecular complexity index is 756. The standard InChI is InChI=1S/C15H15NO3S.HNO2/c1-12-8-10-15(11-9-12)20(17,18)19-16-13(2)14-6-4-3-5-7-14;2-1-3/h3-11H,1-2H3;(H,2,3). The summed E-state index contributed by atoms with van der Waals surface area (Å²) >= 11 is 0. The second-order valence-electron chi connectivity index (χ2n) is 4.47. The number of hydrogen-bond acceptors (Lipinski definition) is 6. The average Bonchev–Trinajstić information content (AvgIpc) is 2.55. The van der Waals surface area contributed by atoms with Crippen LogP contribution in [0.15, 0.2) is 70.0 Å². The molecule has 0 saturated carbocycles. The van der Waals surface area contributed by atoms with Gasteiger partial charge >= 0.3 is 10.1 Å². The Hall–Kier alpha value is -2.74. The van der Waals surface area contributed by atoms with Crippen molar-refractivity contribution < 1.29 is 17.9 Å². The maximum absolute atomic E-state index is 11.9. The molecule has 0 aliphatic heterocycles. The molecule has 0 amide bonds. The zero-order chi connectivity index (χ0) is 17.3. The van der Waals surface area contributed by atoms with Gasteiger partial charge in [-0.3, -0.25) is 4.28 Å². The normalized spacial score (nSPS) is 11.1. The molecule has 2 aromatic rings. The van der Waals surface area contributed by atoms with Crippen molar-refractivity contribution in [3.63, 3.8) is 0 Å². The molecule has 23 heavy (non-hydrogen) atoms. The zero-order valence-corrected chi connectivity index (χ0v) is 13.4. The number of aryl methyl sites for hydroxylation is 1. The lowest BCUT2D eigenvalue weighted by molar-refractivity contribution is 0.312. The topological polar surface area (TPSA) is 105 Å². The molecule has 7 nitrogen and oxygen atoms in total. The second kappa shape index (κ2) is 8.64. The molecule has 2 aromatic carbocycles. The summed E-state index contributed by atoms with van der Waals surface area (Å²) in [6, 6.07) is 15.7. The van der Waals surface area contributed by atoms with E-state index in [4.69, 9.17) is 14.4 Å². The van der Waals surface area contributed by atoms with E-state index in [2.05, 4.69) is 5.16 Å². The Labute approximate surface area is 134 Å². The first kappa shape index (κ1) is 18.3. The van der Waals surface area contributed by atoms with E-state index in [9.17, 15) is 8.42 Å². The van der Waals surface area contributed by atoms with E-state index < -0.39 is 10.1 Å². The first-order valence-electron chi connectivity index (χ1n) is 6.47. The molecule has 0 radical (unpaired) electrons. The fourth-order valence-corrected chi connectivity index (χ4v) is 2.35. The van der Waals surface area contributed by atoms with Crippen molar-refractivity contribution in [2.24, 2.45) is 10.5 Å². The van der Waals surface area contributed by atoms with Gasteiger partial charge in [-0.2, -0.15) is 8.42 Å². The van der Waals surface area contributed by atoms with E-state index in [0.717, 1.165) is 11.1 Å². The molecule has 0 saturated heterocycles. The van der Waals surface area contributed by atoms with Crippen LogP contribution >= 0.6 is 0 Å². The molecule has 0 atom stereocenters. The van der Waals surface area contributed by atoms with Gasteiger partial charge in [0, 0.05) is 0 Å². The van der Waals surface area contributed by atoms with Crippen molar-refractivity contribution >= 4 is 15.8 Å². The lowest BCUT2D eigenvalue weighted by Gasteiger charge is -2.03. The molecule has 0 bridgehead atoms. The van der Waals surface area contributed by atoms with Crippen LogP contribution in [0.2, 0.25) is 0 Å². The van der Waals surface area contributed by atoms with Gasteiger partial charge in [-0.05, 0) is 31.5 Å². The fraction of sp³-hybridized carbons (Fsp3) is 0.133. The third-order valence-electron chi connectivity index (χ3n) is 2.77. The third-order valence-corrected chi connectivity index (χ3v) is 3.89. The molecule has 0 heterocycles. The molecule has 2 rings (SSSR count). The molecule has 0 aliphatic carbocycles. The minimum absolute atomic E-state index is 0.0905. The summed E-state index contributed by atoms with van der Waals surface area (Å²) in [6.45, 7) is 3.58. The maximum Gasteiger partial charge on any atom is 0.358 e. The summed E-state index contributed by atoms with van der Waals surface area (Å²) in [5, 5.41) is 11.6. The molecular formula is C15H16N2O5S. The van der Waals surface area contributed by atoms with E-state index in [1.54, 1.807) is 19.1 Å². The fourth-order valence-electron chi connectivity index (χ4n) is 1.58. The van der Waals surface area contributed by atoms with Crippen LogP contribution in [0, 0.1) is 11.8 Å². The predicted molar refractivity (Wildman–Crippen MR) is 85.7 cm³/mol. The van der Waals surface area contributed by atoms with Crippen molar-refractivity contribution in [3.8, 4) is 0 Å². The van der Waals surface area contributed by atoms with Crippen molar-refractivity contribution in [1.82, 2.24) is 0 Å². The van der Waals surface area contributed by atoms with Crippen molar-refractivity contribution in [2.45, 2.75) is 18.7 Å². The Balaban J connectivity index is 0.000000816. The highest BCUT2D eigenvalue weighted by Crippen LogP contribution is 2.14. The van der Waals surface area contributed by atoms with Gasteiger partial charge in [0.05, 0.1) is 5.71 Å².